The van der Waals surface area contributed by atoms with Crippen molar-refractivity contribution in [2.45, 2.75) is 26.9 Å². The number of hydrogen-bond acceptors (Lipinski definition) is 4. The van der Waals surface area contributed by atoms with Gasteiger partial charge in [0.25, 0.3) is 5.69 Å². The molecule has 1 rings (SSSR count). The van der Waals surface area contributed by atoms with Crippen LogP contribution in [0.1, 0.15) is 31.1 Å². The average Bonchev–Trinajstić information content (AvgIpc) is 2.19. The number of nitrogens with zero attached hydrogens (tertiary/aromatic N) is 1. The molecule has 92 valence electrons. The number of halogens is 1. The van der Waals surface area contributed by atoms with Gasteiger partial charge in [-0.05, 0) is 20.8 Å². The number of nitro benzene ring substituents is 1. The van der Waals surface area contributed by atoms with Gasteiger partial charge in [-0.1, -0.05) is 0 Å². The van der Waals surface area contributed by atoms with Gasteiger partial charge in [0.05, 0.1) is 22.7 Å². The molecule has 0 saturated heterocycles. The fraction of sp³-hybridized carbons (Fsp3) is 0.364. The van der Waals surface area contributed by atoms with E-state index in [0.717, 1.165) is 6.07 Å². The predicted octanol–water partition coefficient (Wildman–Crippen LogP) is 2.72. The summed E-state index contributed by atoms with van der Waals surface area (Å²) in [5, 5.41) is 10.7. The van der Waals surface area contributed by atoms with Gasteiger partial charge in [-0.15, -0.1) is 0 Å². The van der Waals surface area contributed by atoms with E-state index in [1.54, 1.807) is 13.8 Å². The van der Waals surface area contributed by atoms with Gasteiger partial charge in [-0.3, -0.25) is 14.9 Å². The highest BCUT2D eigenvalue weighted by Crippen LogP contribution is 2.28. The van der Waals surface area contributed by atoms with Gasteiger partial charge in [0.15, 0.2) is 17.3 Å². The number of ether oxygens (including phenoxy) is 1. The summed E-state index contributed by atoms with van der Waals surface area (Å²) in [5.41, 5.74) is -0.710. The molecule has 0 aliphatic carbocycles. The number of ketones is 1. The fourth-order valence-electron chi connectivity index (χ4n) is 1.32. The molecule has 0 unspecified atom stereocenters. The monoisotopic (exact) mass is 241 g/mol. The van der Waals surface area contributed by atoms with Gasteiger partial charge in [-0.25, -0.2) is 4.39 Å². The third-order valence-electron chi connectivity index (χ3n) is 1.99. The van der Waals surface area contributed by atoms with E-state index in [0.29, 0.717) is 6.07 Å². The minimum atomic E-state index is -0.851. The summed E-state index contributed by atoms with van der Waals surface area (Å²) in [6.45, 7) is 4.56. The molecule has 0 spiro atoms. The minimum Gasteiger partial charge on any atom is -0.488 e. The average molecular weight is 241 g/mol. The molecule has 17 heavy (non-hydrogen) atoms. The first-order chi connectivity index (χ1) is 7.82. The van der Waals surface area contributed by atoms with E-state index in [1.165, 1.54) is 6.92 Å². The summed E-state index contributed by atoms with van der Waals surface area (Å²) >= 11 is 0. The minimum absolute atomic E-state index is 0.157. The number of benzene rings is 1. The first-order valence-corrected chi connectivity index (χ1v) is 4.98. The van der Waals surface area contributed by atoms with Gasteiger partial charge >= 0.3 is 0 Å². The zero-order chi connectivity index (χ0) is 13.2. The van der Waals surface area contributed by atoms with Crippen molar-refractivity contribution in [1.82, 2.24) is 0 Å². The van der Waals surface area contributed by atoms with Crippen molar-refractivity contribution in [3.05, 3.63) is 33.6 Å². The van der Waals surface area contributed by atoms with Crippen LogP contribution in [0, 0.1) is 15.9 Å². The topological polar surface area (TPSA) is 69.4 Å². The molecule has 1 aromatic carbocycles. The largest absolute Gasteiger partial charge is 0.488 e. The summed E-state index contributed by atoms with van der Waals surface area (Å²) in [6, 6.07) is 1.77. The van der Waals surface area contributed by atoms with E-state index in [-0.39, 0.29) is 17.4 Å². The molecule has 0 aromatic heterocycles. The standard InChI is InChI=1S/C11H12FNO4/c1-6(2)17-11-4-8(7(3)14)10(13(15)16)5-9(11)12/h4-6H,1-3H3. The second kappa shape index (κ2) is 4.90. The lowest BCUT2D eigenvalue weighted by Crippen LogP contribution is -2.09. The zero-order valence-electron chi connectivity index (χ0n) is 9.69. The smallest absolute Gasteiger partial charge is 0.283 e. The third-order valence-corrected chi connectivity index (χ3v) is 1.99. The number of hydrogen-bond donors (Lipinski definition) is 0. The number of nitro groups is 1. The van der Waals surface area contributed by atoms with Crippen LogP contribution in [0.15, 0.2) is 12.1 Å². The maximum absolute atomic E-state index is 13.5. The van der Waals surface area contributed by atoms with Crippen molar-refractivity contribution in [3.63, 3.8) is 0 Å². The Hall–Kier alpha value is -1.98. The lowest BCUT2D eigenvalue weighted by molar-refractivity contribution is -0.385. The van der Waals surface area contributed by atoms with Crippen LogP contribution in [-0.4, -0.2) is 16.8 Å². The lowest BCUT2D eigenvalue weighted by atomic mass is 10.1. The molecule has 0 heterocycles. The van der Waals surface area contributed by atoms with E-state index in [1.807, 2.05) is 0 Å². The Kier molecular flexibility index (Phi) is 3.77. The van der Waals surface area contributed by atoms with E-state index in [4.69, 9.17) is 4.74 Å². The molecule has 0 aliphatic rings. The molecule has 0 N–H and O–H groups in total. The van der Waals surface area contributed by atoms with Crippen LogP contribution in [0.25, 0.3) is 0 Å². The van der Waals surface area contributed by atoms with Crippen LogP contribution in [0.5, 0.6) is 5.75 Å². The number of carbonyl (C=O) groups is 1. The summed E-state index contributed by atoms with van der Waals surface area (Å²) in [5.74, 6) is -1.52. The summed E-state index contributed by atoms with van der Waals surface area (Å²) in [4.78, 5) is 21.1. The van der Waals surface area contributed by atoms with E-state index in [2.05, 4.69) is 0 Å². The predicted molar refractivity (Wildman–Crippen MR) is 58.8 cm³/mol. The van der Waals surface area contributed by atoms with Crippen LogP contribution in [-0.2, 0) is 0 Å². The SMILES string of the molecule is CC(=O)c1cc(OC(C)C)c(F)cc1[N+](=O)[O-]. The zero-order valence-corrected chi connectivity index (χ0v) is 9.69. The van der Waals surface area contributed by atoms with Gasteiger partial charge in [0.2, 0.25) is 0 Å². The first kappa shape index (κ1) is 13.1. The highest BCUT2D eigenvalue weighted by Gasteiger charge is 2.22. The molecule has 0 saturated carbocycles. The van der Waals surface area contributed by atoms with Crippen molar-refractivity contribution >= 4 is 11.5 Å². The van der Waals surface area contributed by atoms with Crippen LogP contribution in [0.4, 0.5) is 10.1 Å². The number of Topliss-reactive ketones (excluding diaryl/α,β-unsaturated/α-hetero) is 1. The van der Waals surface area contributed by atoms with Crippen molar-refractivity contribution in [3.8, 4) is 5.75 Å². The highest BCUT2D eigenvalue weighted by atomic mass is 19.1. The Morgan fingerprint density at radius 2 is 2.06 bits per heavy atom. The van der Waals surface area contributed by atoms with Gasteiger partial charge in [0.1, 0.15) is 0 Å². The Balaban J connectivity index is 3.34. The third kappa shape index (κ3) is 2.99. The van der Waals surface area contributed by atoms with Crippen molar-refractivity contribution in [2.75, 3.05) is 0 Å². The molecular formula is C11H12FNO4. The van der Waals surface area contributed by atoms with Gasteiger partial charge in [0, 0.05) is 6.07 Å². The number of carbonyl (C=O) groups excluding carboxylic acids is 1. The summed E-state index contributed by atoms with van der Waals surface area (Å²) < 4.78 is 18.6. The van der Waals surface area contributed by atoms with Crippen molar-refractivity contribution in [2.24, 2.45) is 0 Å². The summed E-state index contributed by atoms with van der Waals surface area (Å²) in [6.07, 6.45) is -0.286. The quantitative estimate of drug-likeness (QED) is 0.461. The van der Waals surface area contributed by atoms with Crippen LogP contribution < -0.4 is 4.74 Å². The maximum atomic E-state index is 13.5. The molecule has 1 aromatic rings. The Bertz CT molecular complexity index is 471. The van der Waals surface area contributed by atoms with E-state index < -0.39 is 22.2 Å². The fourth-order valence-corrected chi connectivity index (χ4v) is 1.32. The molecule has 0 radical (unpaired) electrons. The normalized spacial score (nSPS) is 10.4. The second-order valence-electron chi connectivity index (χ2n) is 3.78. The molecule has 5 nitrogen and oxygen atoms in total. The molecule has 0 atom stereocenters. The molecule has 0 amide bonds. The van der Waals surface area contributed by atoms with Gasteiger partial charge in [-0.2, -0.15) is 0 Å². The van der Waals surface area contributed by atoms with E-state index >= 15 is 0 Å². The molecule has 6 heteroatoms. The van der Waals surface area contributed by atoms with Gasteiger partial charge < -0.3 is 4.74 Å². The maximum Gasteiger partial charge on any atom is 0.283 e. The molecule has 0 aliphatic heterocycles. The second-order valence-corrected chi connectivity index (χ2v) is 3.78. The van der Waals surface area contributed by atoms with Crippen molar-refractivity contribution in [1.29, 1.82) is 0 Å². The Morgan fingerprint density at radius 1 is 1.47 bits per heavy atom. The molecule has 0 fully saturated rings. The molecule has 0 bridgehead atoms. The lowest BCUT2D eigenvalue weighted by Gasteiger charge is -2.11. The Morgan fingerprint density at radius 3 is 2.47 bits per heavy atom. The highest BCUT2D eigenvalue weighted by molar-refractivity contribution is 5.98. The van der Waals surface area contributed by atoms with Crippen LogP contribution >= 0.6 is 0 Å². The first-order valence-electron chi connectivity index (χ1n) is 4.98. The molecular weight excluding hydrogens is 229 g/mol. The van der Waals surface area contributed by atoms with Crippen LogP contribution in [0.3, 0.4) is 0 Å². The van der Waals surface area contributed by atoms with E-state index in [9.17, 15) is 19.3 Å². The van der Waals surface area contributed by atoms with Crippen LogP contribution in [0.2, 0.25) is 0 Å². The van der Waals surface area contributed by atoms with Crippen molar-refractivity contribution < 1.29 is 18.8 Å². The number of rotatable bonds is 4. The summed E-state index contributed by atoms with van der Waals surface area (Å²) in [7, 11) is 0. The Labute approximate surface area is 97.3 Å².